The van der Waals surface area contributed by atoms with Crippen molar-refractivity contribution < 1.29 is 23.9 Å². The maximum absolute atomic E-state index is 14.5. The van der Waals surface area contributed by atoms with Gasteiger partial charge in [-0.2, -0.15) is 0 Å². The van der Waals surface area contributed by atoms with Gasteiger partial charge < -0.3 is 25.3 Å². The fraction of sp³-hybridized carbons (Fsp3) is 0.500. The summed E-state index contributed by atoms with van der Waals surface area (Å²) in [5.41, 5.74) is 5.46. The number of carbonyl (C=O) groups excluding carboxylic acids is 1. The summed E-state index contributed by atoms with van der Waals surface area (Å²) in [7, 11) is 0. The molecule has 1 aromatic carbocycles. The highest BCUT2D eigenvalue weighted by molar-refractivity contribution is 5.97. The molecule has 8 heteroatoms. The van der Waals surface area contributed by atoms with Gasteiger partial charge >= 0.3 is 0 Å². The molecule has 2 heterocycles. The predicted octanol–water partition coefficient (Wildman–Crippen LogP) is 1.07. The van der Waals surface area contributed by atoms with E-state index in [0.29, 0.717) is 19.0 Å². The maximum atomic E-state index is 14.5. The van der Waals surface area contributed by atoms with Crippen molar-refractivity contribution in [3.05, 3.63) is 29.1 Å². The zero-order valence-electron chi connectivity index (χ0n) is 13.6. The Hall–Kier alpha value is -2.35. The number of amides is 1. The summed E-state index contributed by atoms with van der Waals surface area (Å²) in [5.74, 6) is -0.535. The molecule has 1 amide bonds. The van der Waals surface area contributed by atoms with Gasteiger partial charge in [-0.3, -0.25) is 4.79 Å². The highest BCUT2D eigenvalue weighted by Crippen LogP contribution is 2.34. The Morgan fingerprint density at radius 3 is 2.79 bits per heavy atom. The second kappa shape index (κ2) is 5.94. The number of benzene rings is 1. The number of oxime groups is 1. The second-order valence-corrected chi connectivity index (χ2v) is 6.57. The minimum atomic E-state index is -0.566. The first-order valence-electron chi connectivity index (χ1n) is 7.67. The first kappa shape index (κ1) is 16.5. The summed E-state index contributed by atoms with van der Waals surface area (Å²) in [5, 5.41) is 11.6. The van der Waals surface area contributed by atoms with E-state index in [1.165, 1.54) is 12.1 Å². The van der Waals surface area contributed by atoms with E-state index in [-0.39, 0.29) is 42.1 Å². The van der Waals surface area contributed by atoms with E-state index >= 15 is 0 Å². The van der Waals surface area contributed by atoms with Crippen molar-refractivity contribution in [2.24, 2.45) is 16.3 Å². The zero-order valence-corrected chi connectivity index (χ0v) is 13.6. The van der Waals surface area contributed by atoms with Gasteiger partial charge in [-0.1, -0.05) is 5.16 Å². The monoisotopic (exact) mass is 337 g/mol. The number of hydrogen-bond donors (Lipinski definition) is 2. The van der Waals surface area contributed by atoms with Crippen molar-refractivity contribution in [3.63, 3.8) is 0 Å². The normalized spacial score (nSPS) is 22.9. The molecule has 0 aliphatic carbocycles. The van der Waals surface area contributed by atoms with Gasteiger partial charge in [0.25, 0.3) is 0 Å². The lowest BCUT2D eigenvalue weighted by Crippen LogP contribution is -2.55. The van der Waals surface area contributed by atoms with Crippen LogP contribution in [0.5, 0.6) is 5.75 Å². The standard InChI is InChI=1S/C16H20FN3O4/c1-9-6-24-13-4-10(14(18)19-22)3-12(17)11(13)5-20(9)15(21)16(2)7-23-8-16/h3-4,9,22H,5-8H2,1-2H3,(H2,18,19). The van der Waals surface area contributed by atoms with Crippen LogP contribution >= 0.6 is 0 Å². The Bertz CT molecular complexity index is 703. The highest BCUT2D eigenvalue weighted by Gasteiger charge is 2.45. The number of nitrogens with two attached hydrogens (primary N) is 1. The lowest BCUT2D eigenvalue weighted by atomic mass is 9.86. The fourth-order valence-electron chi connectivity index (χ4n) is 2.88. The molecule has 0 bridgehead atoms. The van der Waals surface area contributed by atoms with Gasteiger partial charge in [0.15, 0.2) is 5.84 Å². The molecule has 1 aromatic rings. The summed E-state index contributed by atoms with van der Waals surface area (Å²) < 4.78 is 25.4. The van der Waals surface area contributed by atoms with Crippen LogP contribution in [0.25, 0.3) is 0 Å². The van der Waals surface area contributed by atoms with Crippen molar-refractivity contribution in [3.8, 4) is 5.75 Å². The third-order valence-corrected chi connectivity index (χ3v) is 4.52. The fourth-order valence-corrected chi connectivity index (χ4v) is 2.88. The van der Waals surface area contributed by atoms with Crippen molar-refractivity contribution in [2.45, 2.75) is 26.4 Å². The van der Waals surface area contributed by atoms with Crippen molar-refractivity contribution in [1.29, 1.82) is 0 Å². The molecule has 0 spiro atoms. The van der Waals surface area contributed by atoms with Gasteiger partial charge in [-0.15, -0.1) is 0 Å². The molecule has 3 N–H and O–H groups in total. The molecule has 2 aliphatic heterocycles. The van der Waals surface area contributed by atoms with Crippen LogP contribution < -0.4 is 10.5 Å². The van der Waals surface area contributed by atoms with Gasteiger partial charge in [-0.25, -0.2) is 4.39 Å². The molecule has 1 fully saturated rings. The summed E-state index contributed by atoms with van der Waals surface area (Å²) in [6, 6.07) is 2.47. The summed E-state index contributed by atoms with van der Waals surface area (Å²) >= 11 is 0. The van der Waals surface area contributed by atoms with Crippen LogP contribution in [-0.4, -0.2) is 47.7 Å². The van der Waals surface area contributed by atoms with Gasteiger partial charge in [0.1, 0.15) is 18.2 Å². The molecule has 7 nitrogen and oxygen atoms in total. The Kier molecular flexibility index (Phi) is 4.08. The van der Waals surface area contributed by atoms with E-state index in [1.54, 1.807) is 4.90 Å². The van der Waals surface area contributed by atoms with Crippen LogP contribution in [0.4, 0.5) is 4.39 Å². The van der Waals surface area contributed by atoms with E-state index < -0.39 is 11.2 Å². The number of fused-ring (bicyclic) bond motifs is 1. The molecule has 0 radical (unpaired) electrons. The average Bonchev–Trinajstić information content (AvgIpc) is 2.71. The molecular formula is C16H20FN3O4. The van der Waals surface area contributed by atoms with E-state index in [2.05, 4.69) is 5.16 Å². The number of carbonyl (C=O) groups is 1. The number of amidine groups is 1. The van der Waals surface area contributed by atoms with Crippen LogP contribution in [0.3, 0.4) is 0 Å². The van der Waals surface area contributed by atoms with Crippen LogP contribution in [0, 0.1) is 11.2 Å². The van der Waals surface area contributed by atoms with Crippen LogP contribution in [0.1, 0.15) is 25.0 Å². The highest BCUT2D eigenvalue weighted by atomic mass is 19.1. The summed E-state index contributed by atoms with van der Waals surface area (Å²) in [4.78, 5) is 14.4. The largest absolute Gasteiger partial charge is 0.491 e. The Labute approximate surface area is 138 Å². The minimum absolute atomic E-state index is 0.0717. The topological polar surface area (TPSA) is 97.4 Å². The number of halogens is 1. The first-order chi connectivity index (χ1) is 11.4. The SMILES string of the molecule is CC1COc2cc(/C(N)=N/O)cc(F)c2CN1C(=O)C1(C)COC1. The summed E-state index contributed by atoms with van der Waals surface area (Å²) in [6.07, 6.45) is 0. The molecule has 1 atom stereocenters. The number of rotatable bonds is 2. The Morgan fingerprint density at radius 2 is 2.21 bits per heavy atom. The van der Waals surface area contributed by atoms with Gasteiger partial charge in [0.2, 0.25) is 5.91 Å². The first-order valence-corrected chi connectivity index (χ1v) is 7.67. The van der Waals surface area contributed by atoms with Gasteiger partial charge in [0.05, 0.1) is 31.2 Å². The minimum Gasteiger partial charge on any atom is -0.491 e. The van der Waals surface area contributed by atoms with Gasteiger partial charge in [-0.05, 0) is 26.0 Å². The Balaban J connectivity index is 1.95. The zero-order chi connectivity index (χ0) is 17.5. The van der Waals surface area contributed by atoms with Crippen molar-refractivity contribution in [1.82, 2.24) is 4.90 Å². The van der Waals surface area contributed by atoms with Gasteiger partial charge in [0, 0.05) is 11.1 Å². The summed E-state index contributed by atoms with van der Waals surface area (Å²) in [6.45, 7) is 4.77. The third kappa shape index (κ3) is 2.66. The molecule has 24 heavy (non-hydrogen) atoms. The van der Waals surface area contributed by atoms with E-state index in [9.17, 15) is 9.18 Å². The lowest BCUT2D eigenvalue weighted by molar-refractivity contribution is -0.171. The van der Waals surface area contributed by atoms with Crippen LogP contribution in [-0.2, 0) is 16.1 Å². The Morgan fingerprint density at radius 1 is 1.50 bits per heavy atom. The number of nitrogens with zero attached hydrogens (tertiary/aromatic N) is 2. The number of ether oxygens (including phenoxy) is 2. The molecular weight excluding hydrogens is 317 g/mol. The average molecular weight is 337 g/mol. The smallest absolute Gasteiger partial charge is 0.233 e. The molecule has 1 saturated heterocycles. The molecule has 1 unspecified atom stereocenters. The quantitative estimate of drug-likeness (QED) is 0.364. The lowest BCUT2D eigenvalue weighted by Gasteiger charge is -2.41. The predicted molar refractivity (Wildman–Crippen MR) is 83.3 cm³/mol. The third-order valence-electron chi connectivity index (χ3n) is 4.52. The molecule has 3 rings (SSSR count). The van der Waals surface area contributed by atoms with Crippen LogP contribution in [0.15, 0.2) is 17.3 Å². The molecule has 2 aliphatic rings. The number of hydrogen-bond acceptors (Lipinski definition) is 5. The van der Waals surface area contributed by atoms with E-state index in [0.717, 1.165) is 0 Å². The molecule has 130 valence electrons. The van der Waals surface area contributed by atoms with Crippen molar-refractivity contribution in [2.75, 3.05) is 19.8 Å². The van der Waals surface area contributed by atoms with E-state index in [4.69, 9.17) is 20.4 Å². The second-order valence-electron chi connectivity index (χ2n) is 6.57. The van der Waals surface area contributed by atoms with Crippen molar-refractivity contribution >= 4 is 11.7 Å². The van der Waals surface area contributed by atoms with E-state index in [1.807, 2.05) is 13.8 Å². The maximum Gasteiger partial charge on any atom is 0.233 e. The van der Waals surface area contributed by atoms with Crippen LogP contribution in [0.2, 0.25) is 0 Å². The molecule has 0 aromatic heterocycles. The molecule has 0 saturated carbocycles.